The average Bonchev–Trinajstić information content (AvgIpc) is 3.77. The molecule has 0 N–H and O–H groups in total. The van der Waals surface area contributed by atoms with Gasteiger partial charge in [-0.05, 0) is 62.7 Å². The second-order valence-electron chi connectivity index (χ2n) is 10.4. The van der Waals surface area contributed by atoms with Crippen molar-refractivity contribution in [2.24, 2.45) is 4.99 Å². The number of furan rings is 2. The molecule has 0 amide bonds. The van der Waals surface area contributed by atoms with E-state index in [9.17, 15) is 29.8 Å². The van der Waals surface area contributed by atoms with Crippen LogP contribution in [0.3, 0.4) is 0 Å². The fraction of sp³-hybridized carbons (Fsp3) is 0.156. The van der Waals surface area contributed by atoms with Gasteiger partial charge in [-0.25, -0.2) is 9.79 Å². The molecule has 1 aliphatic heterocycles. The fourth-order valence-corrected chi connectivity index (χ4v) is 6.43. The number of nitrogens with zero attached hydrogens (tertiary/aromatic N) is 4. The molecule has 0 saturated carbocycles. The standard InChI is InChI=1S/C32H23ClN4O9S/c1-4-44-31(39)28-17(3)34-32-35(29(28)26-12-11-25(46-26)21-14-19(36(40)41)7-5-16(21)2)30(38)27(47-32)15-20-8-10-24(45-20)18-6-9-22(33)23(13-18)37(42)43/h5-15,29H,4H2,1-3H3/b27-15-/t29-/m0/s1. The van der Waals surface area contributed by atoms with Gasteiger partial charge in [0.1, 0.15) is 34.1 Å². The number of allylic oxidation sites excluding steroid dienone is 1. The number of nitro groups is 2. The van der Waals surface area contributed by atoms with Crippen molar-refractivity contribution in [1.82, 2.24) is 4.57 Å². The molecule has 0 bridgehead atoms. The van der Waals surface area contributed by atoms with Crippen LogP contribution >= 0.6 is 22.9 Å². The number of carbonyl (C=O) groups is 1. The number of rotatable bonds is 8. The average molecular weight is 675 g/mol. The van der Waals surface area contributed by atoms with Crippen molar-refractivity contribution in [2.45, 2.75) is 26.8 Å². The third kappa shape index (κ3) is 5.79. The minimum Gasteiger partial charge on any atom is -0.463 e. The maximum absolute atomic E-state index is 14.0. The van der Waals surface area contributed by atoms with Gasteiger partial charge in [0.05, 0.1) is 32.3 Å². The molecule has 1 atom stereocenters. The van der Waals surface area contributed by atoms with Crippen LogP contribution in [0.25, 0.3) is 28.7 Å². The van der Waals surface area contributed by atoms with Gasteiger partial charge >= 0.3 is 5.97 Å². The molecule has 1 aliphatic rings. The molecule has 47 heavy (non-hydrogen) atoms. The molecule has 15 heteroatoms. The summed E-state index contributed by atoms with van der Waals surface area (Å²) in [6.07, 6.45) is 1.51. The van der Waals surface area contributed by atoms with Crippen LogP contribution in [0.5, 0.6) is 0 Å². The lowest BCUT2D eigenvalue weighted by atomic mass is 10.0. The number of aryl methyl sites for hydroxylation is 1. The summed E-state index contributed by atoms with van der Waals surface area (Å²) < 4.78 is 19.0. The number of hydrogen-bond acceptors (Lipinski definition) is 11. The monoisotopic (exact) mass is 674 g/mol. The molecule has 6 rings (SSSR count). The van der Waals surface area contributed by atoms with Gasteiger partial charge < -0.3 is 13.6 Å². The van der Waals surface area contributed by atoms with E-state index in [0.29, 0.717) is 38.9 Å². The summed E-state index contributed by atoms with van der Waals surface area (Å²) in [5.74, 6) is 0.473. The Bertz CT molecular complexity index is 2330. The molecular weight excluding hydrogens is 652 g/mol. The first-order chi connectivity index (χ1) is 22.5. The highest BCUT2D eigenvalue weighted by Crippen LogP contribution is 2.36. The number of non-ortho nitro benzene ring substituents is 1. The number of benzene rings is 2. The largest absolute Gasteiger partial charge is 0.463 e. The minimum absolute atomic E-state index is 0.0115. The number of ether oxygens (including phenoxy) is 1. The van der Waals surface area contributed by atoms with Gasteiger partial charge in [0.15, 0.2) is 4.80 Å². The van der Waals surface area contributed by atoms with Crippen molar-refractivity contribution in [3.8, 4) is 22.6 Å². The lowest BCUT2D eigenvalue weighted by Crippen LogP contribution is -2.39. The third-order valence-corrected chi connectivity index (χ3v) is 8.74. The SMILES string of the molecule is CCOC(=O)C1=C(C)N=c2s/c(=C\c3ccc(-c4ccc(Cl)c([N+](=O)[O-])c4)o3)c(=O)n2[C@H]1c1ccc(-c2cc([N+](=O)[O-])ccc2C)o1. The molecule has 0 spiro atoms. The van der Waals surface area contributed by atoms with Gasteiger partial charge in [0, 0.05) is 35.4 Å². The molecule has 0 radical (unpaired) electrons. The Labute approximate surface area is 273 Å². The maximum Gasteiger partial charge on any atom is 0.338 e. The van der Waals surface area contributed by atoms with Crippen molar-refractivity contribution in [1.29, 1.82) is 0 Å². The highest BCUT2D eigenvalue weighted by Gasteiger charge is 2.35. The molecule has 5 aromatic rings. The van der Waals surface area contributed by atoms with E-state index in [-0.39, 0.29) is 38.9 Å². The zero-order valence-corrected chi connectivity index (χ0v) is 26.5. The Morgan fingerprint density at radius 3 is 2.53 bits per heavy atom. The number of esters is 1. The van der Waals surface area contributed by atoms with E-state index >= 15 is 0 Å². The van der Waals surface area contributed by atoms with Gasteiger partial charge in [0.2, 0.25) is 0 Å². The number of hydrogen-bond donors (Lipinski definition) is 0. The van der Waals surface area contributed by atoms with Gasteiger partial charge in [-0.1, -0.05) is 29.0 Å². The zero-order valence-electron chi connectivity index (χ0n) is 24.9. The van der Waals surface area contributed by atoms with E-state index in [0.717, 1.165) is 16.9 Å². The number of carbonyl (C=O) groups excluding carboxylic acids is 1. The van der Waals surface area contributed by atoms with Crippen LogP contribution in [0, 0.1) is 27.2 Å². The van der Waals surface area contributed by atoms with E-state index in [4.69, 9.17) is 25.2 Å². The summed E-state index contributed by atoms with van der Waals surface area (Å²) in [7, 11) is 0. The van der Waals surface area contributed by atoms with Crippen molar-refractivity contribution in [2.75, 3.05) is 6.61 Å². The molecule has 0 saturated heterocycles. The maximum atomic E-state index is 14.0. The van der Waals surface area contributed by atoms with Crippen molar-refractivity contribution in [3.63, 3.8) is 0 Å². The van der Waals surface area contributed by atoms with Gasteiger partial charge in [-0.15, -0.1) is 0 Å². The predicted octanol–water partition coefficient (Wildman–Crippen LogP) is 6.10. The Balaban J connectivity index is 1.45. The second kappa shape index (κ2) is 12.3. The summed E-state index contributed by atoms with van der Waals surface area (Å²) in [6, 6.07) is 14.1. The van der Waals surface area contributed by atoms with Gasteiger partial charge in [-0.3, -0.25) is 29.6 Å². The number of fused-ring (bicyclic) bond motifs is 1. The van der Waals surface area contributed by atoms with Crippen molar-refractivity contribution >= 4 is 46.4 Å². The fourth-order valence-electron chi connectivity index (χ4n) is 5.21. The molecule has 3 aromatic heterocycles. The zero-order chi connectivity index (χ0) is 33.6. The summed E-state index contributed by atoms with van der Waals surface area (Å²) in [6.45, 7) is 5.16. The Morgan fingerprint density at radius 1 is 1.04 bits per heavy atom. The minimum atomic E-state index is -1.05. The van der Waals surface area contributed by atoms with Crippen LogP contribution in [-0.2, 0) is 9.53 Å². The van der Waals surface area contributed by atoms with Crippen LogP contribution in [-0.4, -0.2) is 27.0 Å². The molecule has 238 valence electrons. The second-order valence-corrected chi connectivity index (χ2v) is 11.8. The normalized spacial score (nSPS) is 14.6. The number of halogens is 1. The number of nitro benzene ring substituents is 2. The Kier molecular flexibility index (Phi) is 8.21. The first-order valence-electron chi connectivity index (χ1n) is 14.1. The van der Waals surface area contributed by atoms with Crippen LogP contribution in [0.2, 0.25) is 5.02 Å². The molecule has 0 unspecified atom stereocenters. The first kappa shape index (κ1) is 31.4. The molecular formula is C32H23ClN4O9S. The molecule has 2 aromatic carbocycles. The smallest absolute Gasteiger partial charge is 0.338 e. The van der Waals surface area contributed by atoms with Gasteiger partial charge in [0.25, 0.3) is 16.9 Å². The summed E-state index contributed by atoms with van der Waals surface area (Å²) >= 11 is 7.01. The summed E-state index contributed by atoms with van der Waals surface area (Å²) in [5.41, 5.74) is 1.18. The lowest BCUT2D eigenvalue weighted by molar-refractivity contribution is -0.384. The van der Waals surface area contributed by atoms with Gasteiger partial charge in [-0.2, -0.15) is 0 Å². The Morgan fingerprint density at radius 2 is 1.81 bits per heavy atom. The summed E-state index contributed by atoms with van der Waals surface area (Å²) in [5, 5.41) is 22.8. The van der Waals surface area contributed by atoms with Crippen molar-refractivity contribution in [3.05, 3.63) is 134 Å². The first-order valence-corrected chi connectivity index (χ1v) is 15.2. The molecule has 0 fully saturated rings. The number of thiazole rings is 1. The van der Waals surface area contributed by atoms with Crippen LogP contribution in [0.1, 0.15) is 37.0 Å². The van der Waals surface area contributed by atoms with E-state index < -0.39 is 27.4 Å². The highest BCUT2D eigenvalue weighted by molar-refractivity contribution is 7.07. The predicted molar refractivity (Wildman–Crippen MR) is 172 cm³/mol. The highest BCUT2D eigenvalue weighted by atomic mass is 35.5. The molecule has 13 nitrogen and oxygen atoms in total. The van der Waals surface area contributed by atoms with Crippen LogP contribution < -0.4 is 14.9 Å². The third-order valence-electron chi connectivity index (χ3n) is 7.44. The lowest BCUT2D eigenvalue weighted by Gasteiger charge is -2.22. The van der Waals surface area contributed by atoms with Crippen molar-refractivity contribution < 1.29 is 28.2 Å². The molecule has 4 heterocycles. The van der Waals surface area contributed by atoms with E-state index in [2.05, 4.69) is 4.99 Å². The van der Waals surface area contributed by atoms with E-state index in [1.54, 1.807) is 57.2 Å². The van der Waals surface area contributed by atoms with Crippen LogP contribution in [0.4, 0.5) is 11.4 Å². The summed E-state index contributed by atoms with van der Waals surface area (Å²) in [4.78, 5) is 53.7. The topological polar surface area (TPSA) is 173 Å². The van der Waals surface area contributed by atoms with E-state index in [1.165, 1.54) is 34.9 Å². The number of aromatic nitrogens is 1. The quantitative estimate of drug-likeness (QED) is 0.107. The molecule has 0 aliphatic carbocycles. The van der Waals surface area contributed by atoms with E-state index in [1.807, 2.05) is 0 Å². The Hall–Kier alpha value is -5.60. The van der Waals surface area contributed by atoms with Crippen LogP contribution in [0.15, 0.2) is 90.6 Å².